The lowest BCUT2D eigenvalue weighted by atomic mass is 9.95. The zero-order valence-corrected chi connectivity index (χ0v) is 12.3. The number of halogens is 1. The van der Waals surface area contributed by atoms with E-state index >= 15 is 0 Å². The first-order valence-corrected chi connectivity index (χ1v) is 6.55. The molecule has 1 aromatic carbocycles. The summed E-state index contributed by atoms with van der Waals surface area (Å²) >= 11 is 5.98. The van der Waals surface area contributed by atoms with Crippen LogP contribution in [0.15, 0.2) is 24.3 Å². The maximum absolute atomic E-state index is 11.5. The number of rotatable bonds is 7. The summed E-state index contributed by atoms with van der Waals surface area (Å²) in [5.41, 5.74) is 0.298. The second kappa shape index (κ2) is 7.48. The van der Waals surface area contributed by atoms with Gasteiger partial charge in [-0.2, -0.15) is 0 Å². The lowest BCUT2D eigenvalue weighted by Crippen LogP contribution is -2.41. The van der Waals surface area contributed by atoms with Crippen molar-refractivity contribution in [3.05, 3.63) is 34.9 Å². The third-order valence-electron chi connectivity index (χ3n) is 2.95. The van der Waals surface area contributed by atoms with Crippen molar-refractivity contribution in [3.63, 3.8) is 0 Å². The highest BCUT2D eigenvalue weighted by Crippen LogP contribution is 2.26. The van der Waals surface area contributed by atoms with Crippen LogP contribution in [0.2, 0.25) is 5.02 Å². The van der Waals surface area contributed by atoms with E-state index in [4.69, 9.17) is 21.1 Å². The van der Waals surface area contributed by atoms with Crippen molar-refractivity contribution in [1.82, 2.24) is 5.32 Å². The zero-order valence-electron chi connectivity index (χ0n) is 11.5. The van der Waals surface area contributed by atoms with E-state index in [-0.39, 0.29) is 12.5 Å². The SMILES string of the molecule is CCOCC(=O)NC[C@@](C)(OC)c1cccc(Cl)c1. The van der Waals surface area contributed by atoms with Crippen LogP contribution in [0.4, 0.5) is 0 Å². The van der Waals surface area contributed by atoms with Gasteiger partial charge in [0, 0.05) is 18.7 Å². The molecular formula is C14H20ClNO3. The van der Waals surface area contributed by atoms with Crippen molar-refractivity contribution in [1.29, 1.82) is 0 Å². The van der Waals surface area contributed by atoms with Crippen molar-refractivity contribution in [2.24, 2.45) is 0 Å². The van der Waals surface area contributed by atoms with Crippen LogP contribution >= 0.6 is 11.6 Å². The monoisotopic (exact) mass is 285 g/mol. The maximum Gasteiger partial charge on any atom is 0.246 e. The van der Waals surface area contributed by atoms with Crippen molar-refractivity contribution in [2.45, 2.75) is 19.4 Å². The lowest BCUT2D eigenvalue weighted by Gasteiger charge is -2.29. The Bertz CT molecular complexity index is 425. The summed E-state index contributed by atoms with van der Waals surface area (Å²) in [7, 11) is 1.61. The molecule has 0 radical (unpaired) electrons. The van der Waals surface area contributed by atoms with E-state index in [1.54, 1.807) is 13.2 Å². The molecule has 0 saturated carbocycles. The van der Waals surface area contributed by atoms with Crippen LogP contribution in [0.1, 0.15) is 19.4 Å². The lowest BCUT2D eigenvalue weighted by molar-refractivity contribution is -0.127. The number of amides is 1. The standard InChI is InChI=1S/C14H20ClNO3/c1-4-19-9-13(17)16-10-14(2,18-3)11-6-5-7-12(15)8-11/h5-8H,4,9-10H2,1-3H3,(H,16,17)/t14-/m1/s1. The van der Waals surface area contributed by atoms with Gasteiger partial charge in [-0.05, 0) is 31.5 Å². The molecule has 0 aliphatic rings. The van der Waals surface area contributed by atoms with E-state index in [1.807, 2.05) is 32.0 Å². The number of hydrogen-bond acceptors (Lipinski definition) is 3. The Morgan fingerprint density at radius 3 is 2.79 bits per heavy atom. The number of nitrogens with one attached hydrogen (secondary N) is 1. The van der Waals surface area contributed by atoms with E-state index in [0.29, 0.717) is 18.2 Å². The van der Waals surface area contributed by atoms with Gasteiger partial charge in [0.15, 0.2) is 0 Å². The van der Waals surface area contributed by atoms with Crippen LogP contribution < -0.4 is 5.32 Å². The highest BCUT2D eigenvalue weighted by molar-refractivity contribution is 6.30. The molecule has 1 N–H and O–H groups in total. The van der Waals surface area contributed by atoms with Crippen LogP contribution in [0.3, 0.4) is 0 Å². The van der Waals surface area contributed by atoms with Gasteiger partial charge in [-0.1, -0.05) is 23.7 Å². The molecule has 106 valence electrons. The molecule has 0 bridgehead atoms. The highest BCUT2D eigenvalue weighted by atomic mass is 35.5. The third kappa shape index (κ3) is 4.82. The Hall–Kier alpha value is -1.10. The molecule has 0 spiro atoms. The molecule has 1 atom stereocenters. The fourth-order valence-corrected chi connectivity index (χ4v) is 1.81. The average Bonchev–Trinajstić information content (AvgIpc) is 2.42. The summed E-state index contributed by atoms with van der Waals surface area (Å²) in [5, 5.41) is 3.44. The minimum atomic E-state index is -0.618. The Morgan fingerprint density at radius 2 is 2.21 bits per heavy atom. The number of methoxy groups -OCH3 is 1. The van der Waals surface area contributed by atoms with Crippen molar-refractivity contribution < 1.29 is 14.3 Å². The van der Waals surface area contributed by atoms with Gasteiger partial charge in [-0.25, -0.2) is 0 Å². The van der Waals surface area contributed by atoms with Gasteiger partial charge < -0.3 is 14.8 Å². The minimum absolute atomic E-state index is 0.0613. The van der Waals surface area contributed by atoms with E-state index in [2.05, 4.69) is 5.32 Å². The van der Waals surface area contributed by atoms with Crippen LogP contribution in [0.25, 0.3) is 0 Å². The van der Waals surface area contributed by atoms with E-state index in [9.17, 15) is 4.79 Å². The molecule has 0 fully saturated rings. The second-order valence-corrected chi connectivity index (χ2v) is 4.80. The first-order chi connectivity index (χ1) is 9.01. The summed E-state index contributed by atoms with van der Waals surface area (Å²) in [5.74, 6) is -0.160. The Balaban J connectivity index is 2.68. The van der Waals surface area contributed by atoms with Crippen LogP contribution in [0, 0.1) is 0 Å². The molecule has 0 aliphatic carbocycles. The predicted molar refractivity (Wildman–Crippen MR) is 75.3 cm³/mol. The van der Waals surface area contributed by atoms with Gasteiger partial charge in [0.25, 0.3) is 0 Å². The fourth-order valence-electron chi connectivity index (χ4n) is 1.62. The zero-order chi connectivity index (χ0) is 14.3. The summed E-state index contributed by atoms with van der Waals surface area (Å²) < 4.78 is 10.6. The molecule has 1 rings (SSSR count). The molecular weight excluding hydrogens is 266 g/mol. The Labute approximate surface area is 119 Å². The summed E-state index contributed by atoms with van der Waals surface area (Å²) in [6.45, 7) is 4.68. The van der Waals surface area contributed by atoms with Gasteiger partial charge in [-0.15, -0.1) is 0 Å². The Kier molecular flexibility index (Phi) is 6.28. The molecule has 1 amide bonds. The first kappa shape index (κ1) is 16.0. The van der Waals surface area contributed by atoms with Gasteiger partial charge >= 0.3 is 0 Å². The molecule has 5 heteroatoms. The van der Waals surface area contributed by atoms with E-state index < -0.39 is 5.60 Å². The maximum atomic E-state index is 11.5. The highest BCUT2D eigenvalue weighted by Gasteiger charge is 2.27. The largest absolute Gasteiger partial charge is 0.372 e. The van der Waals surface area contributed by atoms with Crippen molar-refractivity contribution >= 4 is 17.5 Å². The van der Waals surface area contributed by atoms with Crippen LogP contribution in [0.5, 0.6) is 0 Å². The molecule has 0 unspecified atom stereocenters. The number of carbonyl (C=O) groups is 1. The summed E-state index contributed by atoms with van der Waals surface area (Å²) in [4.78, 5) is 11.5. The van der Waals surface area contributed by atoms with Gasteiger partial charge in [0.1, 0.15) is 12.2 Å². The third-order valence-corrected chi connectivity index (χ3v) is 3.18. The average molecular weight is 286 g/mol. The number of carbonyl (C=O) groups excluding carboxylic acids is 1. The number of hydrogen-bond donors (Lipinski definition) is 1. The van der Waals surface area contributed by atoms with Gasteiger partial charge in [0.05, 0.1) is 6.54 Å². The first-order valence-electron chi connectivity index (χ1n) is 6.17. The summed E-state index contributed by atoms with van der Waals surface area (Å²) in [6, 6.07) is 7.41. The molecule has 4 nitrogen and oxygen atoms in total. The van der Waals surface area contributed by atoms with Crippen LogP contribution in [-0.2, 0) is 19.9 Å². The Morgan fingerprint density at radius 1 is 1.47 bits per heavy atom. The smallest absolute Gasteiger partial charge is 0.246 e. The minimum Gasteiger partial charge on any atom is -0.372 e. The predicted octanol–water partition coefficient (Wildman–Crippen LogP) is 2.35. The fraction of sp³-hybridized carbons (Fsp3) is 0.500. The second-order valence-electron chi connectivity index (χ2n) is 4.36. The van der Waals surface area contributed by atoms with E-state index in [1.165, 1.54) is 0 Å². The molecule has 0 aliphatic heterocycles. The van der Waals surface area contributed by atoms with Crippen molar-refractivity contribution in [3.8, 4) is 0 Å². The summed E-state index contributed by atoms with van der Waals surface area (Å²) in [6.07, 6.45) is 0. The molecule has 0 aromatic heterocycles. The molecule has 0 saturated heterocycles. The van der Waals surface area contributed by atoms with Gasteiger partial charge in [0.2, 0.25) is 5.91 Å². The normalized spacial score (nSPS) is 13.9. The molecule has 0 heterocycles. The topological polar surface area (TPSA) is 47.6 Å². The molecule has 19 heavy (non-hydrogen) atoms. The van der Waals surface area contributed by atoms with E-state index in [0.717, 1.165) is 5.56 Å². The van der Waals surface area contributed by atoms with Crippen LogP contribution in [-0.4, -0.2) is 32.8 Å². The number of benzene rings is 1. The molecule has 1 aromatic rings. The number of ether oxygens (including phenoxy) is 2. The van der Waals surface area contributed by atoms with Crippen molar-refractivity contribution in [2.75, 3.05) is 26.9 Å². The quantitative estimate of drug-likeness (QED) is 0.836. The van der Waals surface area contributed by atoms with Gasteiger partial charge in [-0.3, -0.25) is 4.79 Å².